The van der Waals surface area contributed by atoms with Gasteiger partial charge in [0.15, 0.2) is 11.6 Å². The van der Waals surface area contributed by atoms with Crippen molar-refractivity contribution >= 4 is 23.2 Å². The Bertz CT molecular complexity index is 1110. The van der Waals surface area contributed by atoms with Crippen LogP contribution in [0.15, 0.2) is 71.7 Å². The van der Waals surface area contributed by atoms with Crippen molar-refractivity contribution in [3.63, 3.8) is 0 Å². The summed E-state index contributed by atoms with van der Waals surface area (Å²) in [5.74, 6) is -0.486. The molecule has 0 atom stereocenters. The topological polar surface area (TPSA) is 73.0 Å². The molecule has 4 aromatic rings. The van der Waals surface area contributed by atoms with Crippen molar-refractivity contribution in [2.75, 3.05) is 5.32 Å². The van der Waals surface area contributed by atoms with Gasteiger partial charge in [-0.1, -0.05) is 23.7 Å². The van der Waals surface area contributed by atoms with Crippen molar-refractivity contribution in [1.82, 2.24) is 14.8 Å². The number of hydrogen-bond acceptors (Lipinski definition) is 4. The second kappa shape index (κ2) is 7.05. The van der Waals surface area contributed by atoms with E-state index >= 15 is 0 Å². The standard InChI is InChI=1S/C19H12ClFN4O2/c20-14-4-2-1-3-13(14)17-7-8-18(27-17)19(26)24-12-5-6-16(15(21)9-12)25-11-22-10-23-25/h1-11H,(H,24,26). The van der Waals surface area contributed by atoms with Crippen LogP contribution in [-0.4, -0.2) is 20.7 Å². The minimum atomic E-state index is -0.547. The fraction of sp³-hybridized carbons (Fsp3) is 0. The molecule has 0 saturated heterocycles. The fourth-order valence-electron chi connectivity index (χ4n) is 2.56. The number of rotatable bonds is 4. The molecule has 0 bridgehead atoms. The highest BCUT2D eigenvalue weighted by molar-refractivity contribution is 6.33. The second-order valence-corrected chi connectivity index (χ2v) is 6.01. The van der Waals surface area contributed by atoms with Crippen LogP contribution in [0, 0.1) is 5.82 Å². The van der Waals surface area contributed by atoms with Gasteiger partial charge in [-0.05, 0) is 42.5 Å². The number of furan rings is 1. The van der Waals surface area contributed by atoms with Gasteiger partial charge in [0.1, 0.15) is 24.1 Å². The van der Waals surface area contributed by atoms with E-state index in [1.165, 1.54) is 35.5 Å². The first-order chi connectivity index (χ1) is 13.1. The largest absolute Gasteiger partial charge is 0.451 e. The smallest absolute Gasteiger partial charge is 0.291 e. The van der Waals surface area contributed by atoms with Crippen LogP contribution in [0.4, 0.5) is 10.1 Å². The SMILES string of the molecule is O=C(Nc1ccc(-n2cncn2)c(F)c1)c1ccc(-c2ccccc2Cl)o1. The van der Waals surface area contributed by atoms with Crippen LogP contribution in [0.25, 0.3) is 17.0 Å². The minimum absolute atomic E-state index is 0.0886. The zero-order valence-electron chi connectivity index (χ0n) is 13.8. The average Bonchev–Trinajstić information content (AvgIpc) is 3.34. The number of aromatic nitrogens is 3. The van der Waals surface area contributed by atoms with Gasteiger partial charge in [0.25, 0.3) is 5.91 Å². The van der Waals surface area contributed by atoms with E-state index in [9.17, 15) is 9.18 Å². The average molecular weight is 383 g/mol. The Hall–Kier alpha value is -3.45. The first kappa shape index (κ1) is 17.0. The van der Waals surface area contributed by atoms with Gasteiger partial charge in [-0.15, -0.1) is 0 Å². The van der Waals surface area contributed by atoms with E-state index in [0.29, 0.717) is 16.3 Å². The number of nitrogens with zero attached hydrogens (tertiary/aromatic N) is 3. The summed E-state index contributed by atoms with van der Waals surface area (Å²) >= 11 is 6.14. The van der Waals surface area contributed by atoms with Crippen molar-refractivity contribution in [1.29, 1.82) is 0 Å². The molecule has 2 heterocycles. The molecule has 1 N–H and O–H groups in total. The molecular formula is C19H12ClFN4O2. The second-order valence-electron chi connectivity index (χ2n) is 5.60. The Morgan fingerprint density at radius 2 is 2.00 bits per heavy atom. The van der Waals surface area contributed by atoms with Crippen LogP contribution in [0.3, 0.4) is 0 Å². The molecule has 134 valence electrons. The number of hydrogen-bond donors (Lipinski definition) is 1. The van der Waals surface area contributed by atoms with Gasteiger partial charge >= 0.3 is 0 Å². The van der Waals surface area contributed by atoms with Crippen LogP contribution >= 0.6 is 11.6 Å². The van der Waals surface area contributed by atoms with E-state index < -0.39 is 11.7 Å². The number of halogens is 2. The predicted molar refractivity (Wildman–Crippen MR) is 98.4 cm³/mol. The summed E-state index contributed by atoms with van der Waals surface area (Å²) in [6, 6.07) is 14.6. The van der Waals surface area contributed by atoms with Gasteiger partial charge in [-0.25, -0.2) is 14.1 Å². The predicted octanol–water partition coefficient (Wildman–Crippen LogP) is 4.57. The molecule has 6 nitrogen and oxygen atoms in total. The Morgan fingerprint density at radius 1 is 1.15 bits per heavy atom. The van der Waals surface area contributed by atoms with Gasteiger partial charge in [0.2, 0.25) is 0 Å². The molecule has 2 aromatic heterocycles. The normalized spacial score (nSPS) is 10.7. The molecule has 0 aliphatic heterocycles. The number of nitrogens with one attached hydrogen (secondary N) is 1. The maximum Gasteiger partial charge on any atom is 0.291 e. The van der Waals surface area contributed by atoms with Crippen molar-refractivity contribution in [3.05, 3.63) is 83.9 Å². The lowest BCUT2D eigenvalue weighted by Gasteiger charge is -2.07. The van der Waals surface area contributed by atoms with Gasteiger partial charge in [-0.3, -0.25) is 4.79 Å². The Kier molecular flexibility index (Phi) is 4.43. The molecule has 0 radical (unpaired) electrons. The van der Waals surface area contributed by atoms with E-state index in [4.69, 9.17) is 16.0 Å². The maximum absolute atomic E-state index is 14.3. The highest BCUT2D eigenvalue weighted by Gasteiger charge is 2.15. The zero-order valence-corrected chi connectivity index (χ0v) is 14.5. The summed E-state index contributed by atoms with van der Waals surface area (Å²) in [7, 11) is 0. The molecule has 0 spiro atoms. The molecule has 2 aromatic carbocycles. The fourth-order valence-corrected chi connectivity index (χ4v) is 2.79. The van der Waals surface area contributed by atoms with Crippen LogP contribution in [-0.2, 0) is 0 Å². The Balaban J connectivity index is 1.53. The third-order valence-electron chi connectivity index (χ3n) is 3.84. The molecule has 27 heavy (non-hydrogen) atoms. The molecule has 0 unspecified atom stereocenters. The zero-order chi connectivity index (χ0) is 18.8. The summed E-state index contributed by atoms with van der Waals surface area (Å²) in [5, 5.41) is 6.99. The molecule has 0 aliphatic carbocycles. The van der Waals surface area contributed by atoms with Gasteiger partial charge in [-0.2, -0.15) is 5.10 Å². The monoisotopic (exact) mass is 382 g/mol. The van der Waals surface area contributed by atoms with Crippen molar-refractivity contribution in [3.8, 4) is 17.0 Å². The number of carbonyl (C=O) groups is 1. The Labute approximate surface area is 158 Å². The number of benzene rings is 2. The van der Waals surface area contributed by atoms with Crippen LogP contribution in [0.5, 0.6) is 0 Å². The third kappa shape index (κ3) is 3.45. The van der Waals surface area contributed by atoms with Gasteiger partial charge < -0.3 is 9.73 Å². The number of anilines is 1. The van der Waals surface area contributed by atoms with E-state index in [0.717, 1.165) is 0 Å². The van der Waals surface area contributed by atoms with E-state index in [-0.39, 0.29) is 17.1 Å². The number of carbonyl (C=O) groups excluding carboxylic acids is 1. The maximum atomic E-state index is 14.3. The summed E-state index contributed by atoms with van der Waals surface area (Å²) in [4.78, 5) is 16.2. The third-order valence-corrected chi connectivity index (χ3v) is 4.17. The minimum Gasteiger partial charge on any atom is -0.451 e. The number of amides is 1. The molecule has 4 rings (SSSR count). The van der Waals surface area contributed by atoms with Crippen LogP contribution in [0.1, 0.15) is 10.6 Å². The quantitative estimate of drug-likeness (QED) is 0.561. The van der Waals surface area contributed by atoms with Crippen molar-refractivity contribution < 1.29 is 13.6 Å². The van der Waals surface area contributed by atoms with Gasteiger partial charge in [0.05, 0.1) is 5.02 Å². The van der Waals surface area contributed by atoms with E-state index in [2.05, 4.69) is 15.4 Å². The molecule has 0 saturated carbocycles. The molecule has 8 heteroatoms. The summed E-state index contributed by atoms with van der Waals surface area (Å²) in [6.07, 6.45) is 2.69. The van der Waals surface area contributed by atoms with Crippen LogP contribution in [0.2, 0.25) is 5.02 Å². The summed E-state index contributed by atoms with van der Waals surface area (Å²) < 4.78 is 21.1. The lowest BCUT2D eigenvalue weighted by molar-refractivity contribution is 0.0997. The summed E-state index contributed by atoms with van der Waals surface area (Å²) in [6.45, 7) is 0. The first-order valence-corrected chi connectivity index (χ1v) is 8.30. The molecule has 1 amide bonds. The highest BCUT2D eigenvalue weighted by Crippen LogP contribution is 2.29. The molecular weight excluding hydrogens is 371 g/mol. The highest BCUT2D eigenvalue weighted by atomic mass is 35.5. The van der Waals surface area contributed by atoms with Crippen molar-refractivity contribution in [2.24, 2.45) is 0 Å². The molecule has 0 fully saturated rings. The van der Waals surface area contributed by atoms with E-state index in [1.807, 2.05) is 6.07 Å². The van der Waals surface area contributed by atoms with Crippen LogP contribution < -0.4 is 5.32 Å². The van der Waals surface area contributed by atoms with Crippen molar-refractivity contribution in [2.45, 2.75) is 0 Å². The van der Waals surface area contributed by atoms with Gasteiger partial charge in [0, 0.05) is 11.3 Å². The van der Waals surface area contributed by atoms with E-state index in [1.54, 1.807) is 30.3 Å². The Morgan fingerprint density at radius 3 is 2.74 bits per heavy atom. The lowest BCUT2D eigenvalue weighted by atomic mass is 10.2. The molecule has 0 aliphatic rings. The first-order valence-electron chi connectivity index (χ1n) is 7.92. The lowest BCUT2D eigenvalue weighted by Crippen LogP contribution is -2.11. The summed E-state index contributed by atoms with van der Waals surface area (Å²) in [5.41, 5.74) is 1.20.